The molecule has 2 rings (SSSR count). The van der Waals surface area contributed by atoms with Crippen LogP contribution in [0.15, 0.2) is 11.1 Å². The lowest BCUT2D eigenvalue weighted by molar-refractivity contribution is 0.333. The van der Waals surface area contributed by atoms with Gasteiger partial charge in [0, 0.05) is 12.1 Å². The zero-order valence-corrected chi connectivity index (χ0v) is 12.3. The van der Waals surface area contributed by atoms with Gasteiger partial charge in [0.1, 0.15) is 4.90 Å². The molecule has 6 nitrogen and oxygen atoms in total. The maximum atomic E-state index is 12.2. The van der Waals surface area contributed by atoms with Gasteiger partial charge in [0.15, 0.2) is 0 Å². The van der Waals surface area contributed by atoms with Crippen molar-refractivity contribution < 1.29 is 8.42 Å². The van der Waals surface area contributed by atoms with Gasteiger partial charge in [0.2, 0.25) is 10.0 Å². The number of hydrogen-bond donors (Lipinski definition) is 3. The van der Waals surface area contributed by atoms with Crippen molar-refractivity contribution in [3.63, 3.8) is 0 Å². The summed E-state index contributed by atoms with van der Waals surface area (Å²) in [5.74, 6) is 0. The molecule has 1 aromatic rings. The number of H-pyrrole nitrogens is 1. The van der Waals surface area contributed by atoms with Gasteiger partial charge in [-0.15, -0.1) is 0 Å². The van der Waals surface area contributed by atoms with Crippen LogP contribution in [-0.2, 0) is 10.0 Å². The van der Waals surface area contributed by atoms with Crippen LogP contribution in [0.3, 0.4) is 0 Å². The molecule has 0 spiro atoms. The normalized spacial score (nSPS) is 24.5. The summed E-state index contributed by atoms with van der Waals surface area (Å²) >= 11 is 0. The third-order valence-corrected chi connectivity index (χ3v) is 5.25. The molecule has 0 unspecified atom stereocenters. The van der Waals surface area contributed by atoms with E-state index in [4.69, 9.17) is 0 Å². The quantitative estimate of drug-likeness (QED) is 0.751. The molecule has 108 valence electrons. The highest BCUT2D eigenvalue weighted by Gasteiger charge is 2.26. The molecule has 0 saturated heterocycles. The molecule has 1 saturated carbocycles. The van der Waals surface area contributed by atoms with Crippen molar-refractivity contribution in [1.82, 2.24) is 20.2 Å². The van der Waals surface area contributed by atoms with Crippen molar-refractivity contribution >= 4 is 10.0 Å². The average molecular weight is 286 g/mol. The predicted octanol–water partition coefficient (Wildman–Crippen LogP) is 0.917. The van der Waals surface area contributed by atoms with Gasteiger partial charge >= 0.3 is 0 Å². The monoisotopic (exact) mass is 286 g/mol. The van der Waals surface area contributed by atoms with Crippen molar-refractivity contribution in [3.8, 4) is 0 Å². The molecule has 1 aliphatic rings. The fourth-order valence-electron chi connectivity index (χ4n) is 2.60. The summed E-state index contributed by atoms with van der Waals surface area (Å²) in [5.41, 5.74) is 0.578. The van der Waals surface area contributed by atoms with E-state index in [1.54, 1.807) is 6.92 Å². The second kappa shape index (κ2) is 6.02. The Hall–Kier alpha value is -0.920. The summed E-state index contributed by atoms with van der Waals surface area (Å²) in [6, 6.07) is 0.565. The lowest BCUT2D eigenvalue weighted by Gasteiger charge is -2.29. The minimum Gasteiger partial charge on any atom is -0.314 e. The SMILES string of the molecule is CCNC1CCC(NS(=O)(=O)c2cn[nH]c2C)CC1. The van der Waals surface area contributed by atoms with Crippen molar-refractivity contribution in [1.29, 1.82) is 0 Å². The van der Waals surface area contributed by atoms with Gasteiger partial charge < -0.3 is 5.32 Å². The van der Waals surface area contributed by atoms with E-state index < -0.39 is 10.0 Å². The summed E-state index contributed by atoms with van der Waals surface area (Å²) in [6.07, 6.45) is 5.17. The zero-order valence-electron chi connectivity index (χ0n) is 11.4. The van der Waals surface area contributed by atoms with Gasteiger partial charge in [-0.3, -0.25) is 5.10 Å². The Balaban J connectivity index is 1.94. The van der Waals surface area contributed by atoms with Gasteiger partial charge in [0.05, 0.1) is 11.9 Å². The van der Waals surface area contributed by atoms with E-state index >= 15 is 0 Å². The van der Waals surface area contributed by atoms with Gasteiger partial charge in [-0.05, 0) is 39.2 Å². The molecular weight excluding hydrogens is 264 g/mol. The molecule has 7 heteroatoms. The Kier molecular flexibility index (Phi) is 4.59. The first-order chi connectivity index (χ1) is 9.03. The number of sulfonamides is 1. The second-order valence-corrected chi connectivity index (χ2v) is 6.77. The average Bonchev–Trinajstić information content (AvgIpc) is 2.79. The number of aromatic amines is 1. The molecule has 19 heavy (non-hydrogen) atoms. The molecular formula is C12H22N4O2S. The second-order valence-electron chi connectivity index (χ2n) is 5.09. The first kappa shape index (κ1) is 14.5. The number of nitrogens with zero attached hydrogens (tertiary/aromatic N) is 1. The summed E-state index contributed by atoms with van der Waals surface area (Å²) in [5, 5.41) is 9.83. The van der Waals surface area contributed by atoms with Crippen molar-refractivity contribution in [2.75, 3.05) is 6.54 Å². The molecule has 0 aliphatic heterocycles. The van der Waals surface area contributed by atoms with Crippen LogP contribution in [0.1, 0.15) is 38.3 Å². The van der Waals surface area contributed by atoms with Crippen LogP contribution in [0, 0.1) is 6.92 Å². The van der Waals surface area contributed by atoms with E-state index in [9.17, 15) is 8.42 Å². The number of hydrogen-bond acceptors (Lipinski definition) is 4. The zero-order chi connectivity index (χ0) is 13.9. The molecule has 0 amide bonds. The van der Waals surface area contributed by atoms with Crippen LogP contribution in [0.2, 0.25) is 0 Å². The fourth-order valence-corrected chi connectivity index (χ4v) is 4.04. The van der Waals surface area contributed by atoms with E-state index in [2.05, 4.69) is 27.2 Å². The van der Waals surface area contributed by atoms with E-state index in [-0.39, 0.29) is 10.9 Å². The van der Waals surface area contributed by atoms with Crippen LogP contribution in [-0.4, -0.2) is 37.2 Å². The number of rotatable bonds is 5. The number of nitrogens with one attached hydrogen (secondary N) is 3. The summed E-state index contributed by atoms with van der Waals surface area (Å²) in [4.78, 5) is 0.251. The Morgan fingerprint density at radius 3 is 2.47 bits per heavy atom. The Bertz CT molecular complexity index is 504. The molecule has 1 aromatic heterocycles. The molecule has 1 aliphatic carbocycles. The fraction of sp³-hybridized carbons (Fsp3) is 0.750. The first-order valence-corrected chi connectivity index (χ1v) is 8.27. The first-order valence-electron chi connectivity index (χ1n) is 6.78. The van der Waals surface area contributed by atoms with E-state index in [1.165, 1.54) is 6.20 Å². The molecule has 0 bridgehead atoms. The lowest BCUT2D eigenvalue weighted by atomic mass is 9.92. The number of aryl methyl sites for hydroxylation is 1. The molecule has 0 aromatic carbocycles. The van der Waals surface area contributed by atoms with Gasteiger partial charge in [-0.25, -0.2) is 13.1 Å². The smallest absolute Gasteiger partial charge is 0.244 e. The summed E-state index contributed by atoms with van der Waals surface area (Å²) < 4.78 is 27.2. The molecule has 0 atom stereocenters. The highest BCUT2D eigenvalue weighted by molar-refractivity contribution is 7.89. The minimum atomic E-state index is -3.44. The topological polar surface area (TPSA) is 86.9 Å². The van der Waals surface area contributed by atoms with Crippen LogP contribution in [0.4, 0.5) is 0 Å². The van der Waals surface area contributed by atoms with Gasteiger partial charge in [-0.2, -0.15) is 5.10 Å². The van der Waals surface area contributed by atoms with Crippen LogP contribution >= 0.6 is 0 Å². The van der Waals surface area contributed by atoms with Crippen molar-refractivity contribution in [2.45, 2.75) is 56.5 Å². The third kappa shape index (κ3) is 3.55. The van der Waals surface area contributed by atoms with Crippen molar-refractivity contribution in [3.05, 3.63) is 11.9 Å². The Morgan fingerprint density at radius 1 is 1.32 bits per heavy atom. The van der Waals surface area contributed by atoms with E-state index in [1.807, 2.05) is 0 Å². The van der Waals surface area contributed by atoms with E-state index in [0.29, 0.717) is 11.7 Å². The van der Waals surface area contributed by atoms with Crippen molar-refractivity contribution in [2.24, 2.45) is 0 Å². The highest BCUT2D eigenvalue weighted by atomic mass is 32.2. The third-order valence-electron chi connectivity index (χ3n) is 3.61. The lowest BCUT2D eigenvalue weighted by Crippen LogP contribution is -2.42. The molecule has 0 radical (unpaired) electrons. The molecule has 1 fully saturated rings. The van der Waals surface area contributed by atoms with E-state index in [0.717, 1.165) is 32.2 Å². The molecule has 1 heterocycles. The minimum absolute atomic E-state index is 0.0363. The van der Waals surface area contributed by atoms with Crippen LogP contribution in [0.25, 0.3) is 0 Å². The van der Waals surface area contributed by atoms with Gasteiger partial charge in [-0.1, -0.05) is 6.92 Å². The van der Waals surface area contributed by atoms with Crippen LogP contribution in [0.5, 0.6) is 0 Å². The highest BCUT2D eigenvalue weighted by Crippen LogP contribution is 2.21. The maximum absolute atomic E-state index is 12.2. The molecule has 3 N–H and O–H groups in total. The largest absolute Gasteiger partial charge is 0.314 e. The summed E-state index contributed by atoms with van der Waals surface area (Å²) in [7, 11) is -3.44. The summed E-state index contributed by atoms with van der Waals surface area (Å²) in [6.45, 7) is 4.77. The Morgan fingerprint density at radius 2 is 1.95 bits per heavy atom. The Labute approximate surface area is 114 Å². The standard InChI is InChI=1S/C12H22N4O2S/c1-3-13-10-4-6-11(7-5-10)16-19(17,18)12-8-14-15-9(12)2/h8,10-11,13,16H,3-7H2,1-2H3,(H,14,15). The van der Waals surface area contributed by atoms with Crippen LogP contribution < -0.4 is 10.0 Å². The maximum Gasteiger partial charge on any atom is 0.244 e. The predicted molar refractivity (Wildman–Crippen MR) is 73.4 cm³/mol. The van der Waals surface area contributed by atoms with Gasteiger partial charge in [0.25, 0.3) is 0 Å². The number of aromatic nitrogens is 2.